The van der Waals surface area contributed by atoms with E-state index in [4.69, 9.17) is 0 Å². The fraction of sp³-hybridized carbons (Fsp3) is 0.591. The van der Waals surface area contributed by atoms with Gasteiger partial charge in [0, 0.05) is 38.4 Å². The summed E-state index contributed by atoms with van der Waals surface area (Å²) in [7, 11) is 0. The number of anilines is 1. The molecule has 0 saturated carbocycles. The summed E-state index contributed by atoms with van der Waals surface area (Å²) < 4.78 is 0. The van der Waals surface area contributed by atoms with Gasteiger partial charge < -0.3 is 15.1 Å². The minimum absolute atomic E-state index is 0.0937. The molecule has 3 rings (SSSR count). The first-order valence-corrected chi connectivity index (χ1v) is 10.2. The molecular weight excluding hydrogens is 322 g/mol. The second-order valence-electron chi connectivity index (χ2n) is 7.81. The van der Waals surface area contributed by atoms with Crippen molar-refractivity contribution in [2.24, 2.45) is 0 Å². The highest BCUT2D eigenvalue weighted by Crippen LogP contribution is 2.21. The van der Waals surface area contributed by atoms with E-state index in [0.717, 1.165) is 39.1 Å². The summed E-state index contributed by atoms with van der Waals surface area (Å²) in [5, 5.41) is 3.10. The molecule has 0 bridgehead atoms. The number of carbonyl (C=O) groups excluding carboxylic acids is 1. The first-order valence-electron chi connectivity index (χ1n) is 10.2. The molecule has 1 N–H and O–H groups in total. The molecular formula is C22H33N3O. The molecule has 1 aromatic rings. The first kappa shape index (κ1) is 18.8. The number of hydrogen-bond donors (Lipinski definition) is 1. The number of rotatable bonds is 5. The van der Waals surface area contributed by atoms with Gasteiger partial charge in [-0.05, 0) is 55.7 Å². The molecule has 1 aromatic carbocycles. The molecule has 1 fully saturated rings. The van der Waals surface area contributed by atoms with Crippen LogP contribution in [0.5, 0.6) is 0 Å². The van der Waals surface area contributed by atoms with Crippen molar-refractivity contribution in [3.63, 3.8) is 0 Å². The number of urea groups is 1. The molecule has 142 valence electrons. The van der Waals surface area contributed by atoms with Crippen LogP contribution in [0, 0.1) is 0 Å². The second-order valence-corrected chi connectivity index (χ2v) is 7.81. The summed E-state index contributed by atoms with van der Waals surface area (Å²) in [6.45, 7) is 8.59. The van der Waals surface area contributed by atoms with Crippen molar-refractivity contribution in [2.45, 2.75) is 51.9 Å². The number of hydrogen-bond acceptors (Lipinski definition) is 2. The molecule has 0 aromatic heterocycles. The molecule has 1 aliphatic heterocycles. The predicted molar refractivity (Wildman–Crippen MR) is 109 cm³/mol. The average molecular weight is 356 g/mol. The van der Waals surface area contributed by atoms with Crippen LogP contribution in [-0.4, -0.2) is 43.7 Å². The summed E-state index contributed by atoms with van der Waals surface area (Å²) in [6.07, 6.45) is 8.42. The number of allylic oxidation sites excluding steroid dienone is 1. The monoisotopic (exact) mass is 355 g/mol. The van der Waals surface area contributed by atoms with Gasteiger partial charge in [-0.1, -0.05) is 37.6 Å². The molecule has 1 aliphatic carbocycles. The van der Waals surface area contributed by atoms with Gasteiger partial charge >= 0.3 is 6.03 Å². The maximum atomic E-state index is 12.4. The van der Waals surface area contributed by atoms with Crippen LogP contribution in [0.3, 0.4) is 0 Å². The lowest BCUT2D eigenvalue weighted by Gasteiger charge is -2.36. The lowest BCUT2D eigenvalue weighted by atomic mass is 9.97. The minimum atomic E-state index is 0.0937. The van der Waals surface area contributed by atoms with Crippen LogP contribution < -0.4 is 10.2 Å². The van der Waals surface area contributed by atoms with Crippen LogP contribution in [-0.2, 0) is 0 Å². The Kier molecular flexibility index (Phi) is 6.59. The molecule has 0 radical (unpaired) electrons. The molecule has 0 spiro atoms. The van der Waals surface area contributed by atoms with E-state index < -0.39 is 0 Å². The third-order valence-corrected chi connectivity index (χ3v) is 5.60. The summed E-state index contributed by atoms with van der Waals surface area (Å²) >= 11 is 0. The van der Waals surface area contributed by atoms with Gasteiger partial charge in [0.2, 0.25) is 0 Å². The zero-order valence-corrected chi connectivity index (χ0v) is 16.3. The van der Waals surface area contributed by atoms with Gasteiger partial charge in [0.1, 0.15) is 0 Å². The molecule has 4 nitrogen and oxygen atoms in total. The van der Waals surface area contributed by atoms with Crippen molar-refractivity contribution in [3.8, 4) is 0 Å². The first-order chi connectivity index (χ1) is 12.6. The van der Waals surface area contributed by atoms with E-state index in [-0.39, 0.29) is 6.03 Å². The highest BCUT2D eigenvalue weighted by molar-refractivity contribution is 5.74. The van der Waals surface area contributed by atoms with E-state index in [2.05, 4.69) is 54.4 Å². The van der Waals surface area contributed by atoms with Crippen LogP contribution in [0.15, 0.2) is 35.9 Å². The Hall–Kier alpha value is -1.97. The Bertz CT molecular complexity index is 613. The van der Waals surface area contributed by atoms with Gasteiger partial charge in [0.05, 0.1) is 0 Å². The normalized spacial score (nSPS) is 18.0. The third-order valence-electron chi connectivity index (χ3n) is 5.60. The molecule has 0 unspecified atom stereocenters. The number of piperazine rings is 1. The molecule has 0 atom stereocenters. The fourth-order valence-electron chi connectivity index (χ4n) is 3.81. The second kappa shape index (κ2) is 9.11. The molecule has 1 saturated heterocycles. The largest absolute Gasteiger partial charge is 0.368 e. The van der Waals surface area contributed by atoms with Gasteiger partial charge in [-0.25, -0.2) is 4.79 Å². The van der Waals surface area contributed by atoms with E-state index >= 15 is 0 Å². The molecule has 2 aliphatic rings. The number of nitrogens with zero attached hydrogens (tertiary/aromatic N) is 2. The van der Waals surface area contributed by atoms with Crippen molar-refractivity contribution in [3.05, 3.63) is 41.5 Å². The highest BCUT2D eigenvalue weighted by atomic mass is 16.2. The van der Waals surface area contributed by atoms with Crippen LogP contribution in [0.1, 0.15) is 57.4 Å². The standard InChI is InChI=1S/C22H33N3O/c1-18(2)20-8-10-21(11-9-20)24-14-16-25(17-15-24)22(26)23-13-12-19-6-4-3-5-7-19/h6,8-11,18H,3-5,7,12-17H2,1-2H3,(H,23,26). The third kappa shape index (κ3) is 5.03. The Morgan fingerprint density at radius 2 is 1.81 bits per heavy atom. The lowest BCUT2D eigenvalue weighted by molar-refractivity contribution is 0.194. The van der Waals surface area contributed by atoms with Gasteiger partial charge in [0.15, 0.2) is 0 Å². The molecule has 26 heavy (non-hydrogen) atoms. The number of nitrogens with one attached hydrogen (secondary N) is 1. The van der Waals surface area contributed by atoms with Gasteiger partial charge in [-0.3, -0.25) is 0 Å². The van der Waals surface area contributed by atoms with Crippen molar-refractivity contribution < 1.29 is 4.79 Å². The van der Waals surface area contributed by atoms with E-state index in [0.29, 0.717) is 5.92 Å². The number of carbonyl (C=O) groups is 1. The van der Waals surface area contributed by atoms with Crippen molar-refractivity contribution >= 4 is 11.7 Å². The minimum Gasteiger partial charge on any atom is -0.368 e. The van der Waals surface area contributed by atoms with Gasteiger partial charge in [-0.15, -0.1) is 0 Å². The van der Waals surface area contributed by atoms with Crippen molar-refractivity contribution in [1.82, 2.24) is 10.2 Å². The van der Waals surface area contributed by atoms with E-state index in [9.17, 15) is 4.79 Å². The highest BCUT2D eigenvalue weighted by Gasteiger charge is 2.21. The quantitative estimate of drug-likeness (QED) is 0.788. The Labute approximate surface area is 158 Å². The van der Waals surface area contributed by atoms with E-state index in [1.54, 1.807) is 0 Å². The van der Waals surface area contributed by atoms with Crippen LogP contribution in [0.2, 0.25) is 0 Å². The SMILES string of the molecule is CC(C)c1ccc(N2CCN(C(=O)NCCC3=CCCCC3)CC2)cc1. The Morgan fingerprint density at radius 3 is 2.42 bits per heavy atom. The van der Waals surface area contributed by atoms with Crippen LogP contribution in [0.25, 0.3) is 0 Å². The summed E-state index contributed by atoms with van der Waals surface area (Å²) in [5.74, 6) is 0.564. The van der Waals surface area contributed by atoms with E-state index in [1.165, 1.54) is 42.5 Å². The zero-order valence-electron chi connectivity index (χ0n) is 16.3. The smallest absolute Gasteiger partial charge is 0.317 e. The summed E-state index contributed by atoms with van der Waals surface area (Å²) in [6, 6.07) is 8.96. The molecule has 4 heteroatoms. The predicted octanol–water partition coefficient (Wildman–Crippen LogP) is 4.53. The number of amides is 2. The average Bonchev–Trinajstić information content (AvgIpc) is 2.69. The van der Waals surface area contributed by atoms with E-state index in [1.807, 2.05) is 4.90 Å². The van der Waals surface area contributed by atoms with Gasteiger partial charge in [0.25, 0.3) is 0 Å². The topological polar surface area (TPSA) is 35.6 Å². The molecule has 1 heterocycles. The number of benzene rings is 1. The van der Waals surface area contributed by atoms with Gasteiger partial charge in [-0.2, -0.15) is 0 Å². The fourth-order valence-corrected chi connectivity index (χ4v) is 3.81. The maximum absolute atomic E-state index is 12.4. The lowest BCUT2D eigenvalue weighted by Crippen LogP contribution is -2.52. The van der Waals surface area contributed by atoms with Crippen LogP contribution >= 0.6 is 0 Å². The summed E-state index contributed by atoms with van der Waals surface area (Å²) in [4.78, 5) is 16.7. The van der Waals surface area contributed by atoms with Crippen molar-refractivity contribution in [1.29, 1.82) is 0 Å². The van der Waals surface area contributed by atoms with Crippen molar-refractivity contribution in [2.75, 3.05) is 37.6 Å². The zero-order chi connectivity index (χ0) is 18.4. The maximum Gasteiger partial charge on any atom is 0.317 e. The Balaban J connectivity index is 1.41. The van der Waals surface area contributed by atoms with Crippen LogP contribution in [0.4, 0.5) is 10.5 Å². The Morgan fingerprint density at radius 1 is 1.08 bits per heavy atom. The summed E-state index contributed by atoms with van der Waals surface area (Å²) in [5.41, 5.74) is 4.16. The molecule has 2 amide bonds.